The lowest BCUT2D eigenvalue weighted by Gasteiger charge is -2.34. The summed E-state index contributed by atoms with van der Waals surface area (Å²) in [6, 6.07) is 12.8. The number of rotatable bonds is 7. The van der Waals surface area contributed by atoms with E-state index < -0.39 is 16.7 Å². The number of amides is 2. The Balaban J connectivity index is 1.65. The third-order valence-corrected chi connectivity index (χ3v) is 4.96. The van der Waals surface area contributed by atoms with Crippen molar-refractivity contribution in [3.05, 3.63) is 64.2 Å². The van der Waals surface area contributed by atoms with Gasteiger partial charge < -0.3 is 20.1 Å². The van der Waals surface area contributed by atoms with Gasteiger partial charge in [0, 0.05) is 37.5 Å². The molecule has 2 aromatic rings. The van der Waals surface area contributed by atoms with Crippen LogP contribution in [-0.4, -0.2) is 61.6 Å². The summed E-state index contributed by atoms with van der Waals surface area (Å²) in [6.45, 7) is 2.80. The van der Waals surface area contributed by atoms with Crippen molar-refractivity contribution in [3.8, 4) is 5.75 Å². The van der Waals surface area contributed by atoms with Gasteiger partial charge >= 0.3 is 11.8 Å². The van der Waals surface area contributed by atoms with Crippen LogP contribution >= 0.6 is 0 Å². The van der Waals surface area contributed by atoms with Crippen molar-refractivity contribution >= 4 is 23.2 Å². The fraction of sp³-hybridized carbons (Fsp3) is 0.333. The summed E-state index contributed by atoms with van der Waals surface area (Å²) in [5.74, 6) is -0.987. The predicted molar refractivity (Wildman–Crippen MR) is 113 cm³/mol. The Morgan fingerprint density at radius 2 is 1.87 bits per heavy atom. The molecule has 2 amide bonds. The molecular formula is C21H24N4O6. The van der Waals surface area contributed by atoms with Crippen molar-refractivity contribution in [2.45, 2.75) is 6.04 Å². The van der Waals surface area contributed by atoms with Crippen LogP contribution in [0.15, 0.2) is 48.5 Å². The standard InChI is InChI=1S/C21H24N4O6/c1-30-18-7-5-15(6-8-18)19(24-9-11-31-12-10-24)14-22-20(26)21(27)23-16-3-2-4-17(13-16)25(28)29/h2-8,13,19H,9-12,14H2,1H3,(H,22,26)(H,23,27)/t19-/m0/s1. The van der Waals surface area contributed by atoms with Crippen LogP contribution in [-0.2, 0) is 14.3 Å². The number of morpholine rings is 1. The molecule has 0 bridgehead atoms. The quantitative estimate of drug-likeness (QED) is 0.391. The van der Waals surface area contributed by atoms with Gasteiger partial charge in [-0.3, -0.25) is 24.6 Å². The fourth-order valence-corrected chi connectivity index (χ4v) is 3.33. The molecule has 0 aromatic heterocycles. The van der Waals surface area contributed by atoms with Gasteiger partial charge in [-0.05, 0) is 23.8 Å². The number of nitro benzene ring substituents is 1. The van der Waals surface area contributed by atoms with Crippen LogP contribution in [0.1, 0.15) is 11.6 Å². The number of carbonyl (C=O) groups excluding carboxylic acids is 2. The van der Waals surface area contributed by atoms with Crippen molar-refractivity contribution in [1.82, 2.24) is 10.2 Å². The maximum absolute atomic E-state index is 12.4. The molecule has 10 heteroatoms. The SMILES string of the molecule is COc1ccc([C@H](CNC(=O)C(=O)Nc2cccc([N+](=O)[O-])c2)N2CCOCC2)cc1. The number of methoxy groups -OCH3 is 1. The molecule has 0 spiro atoms. The minimum absolute atomic E-state index is 0.149. The number of nitrogens with one attached hydrogen (secondary N) is 2. The van der Waals surface area contributed by atoms with Crippen molar-refractivity contribution in [2.24, 2.45) is 0 Å². The average molecular weight is 428 g/mol. The molecule has 1 aliphatic rings. The molecule has 2 N–H and O–H groups in total. The zero-order chi connectivity index (χ0) is 22.2. The summed E-state index contributed by atoms with van der Waals surface area (Å²) in [4.78, 5) is 37.1. The van der Waals surface area contributed by atoms with E-state index in [4.69, 9.17) is 9.47 Å². The summed E-state index contributed by atoms with van der Waals surface area (Å²) >= 11 is 0. The van der Waals surface area contributed by atoms with Crippen LogP contribution in [0.4, 0.5) is 11.4 Å². The predicted octanol–water partition coefficient (Wildman–Crippen LogP) is 1.73. The van der Waals surface area contributed by atoms with E-state index in [1.807, 2.05) is 24.3 Å². The number of nitrogens with zero attached hydrogens (tertiary/aromatic N) is 2. The van der Waals surface area contributed by atoms with Gasteiger partial charge in [0.2, 0.25) is 0 Å². The molecule has 1 fully saturated rings. The molecule has 164 valence electrons. The van der Waals surface area contributed by atoms with Crippen LogP contribution in [0.5, 0.6) is 5.75 Å². The maximum Gasteiger partial charge on any atom is 0.313 e. The van der Waals surface area contributed by atoms with Crippen LogP contribution < -0.4 is 15.4 Å². The Labute approximate surface area is 179 Å². The summed E-state index contributed by atoms with van der Waals surface area (Å²) in [5.41, 5.74) is 0.974. The summed E-state index contributed by atoms with van der Waals surface area (Å²) in [6.07, 6.45) is 0. The van der Waals surface area contributed by atoms with Crippen LogP contribution in [0.25, 0.3) is 0 Å². The molecule has 0 radical (unpaired) electrons. The van der Waals surface area contributed by atoms with Gasteiger partial charge in [-0.25, -0.2) is 0 Å². The molecule has 31 heavy (non-hydrogen) atoms. The van der Waals surface area contributed by atoms with Crippen molar-refractivity contribution in [1.29, 1.82) is 0 Å². The zero-order valence-corrected chi connectivity index (χ0v) is 17.1. The minimum Gasteiger partial charge on any atom is -0.497 e. The van der Waals surface area contributed by atoms with Crippen molar-refractivity contribution in [3.63, 3.8) is 0 Å². The number of benzene rings is 2. The number of ether oxygens (including phenoxy) is 2. The van der Waals surface area contributed by atoms with E-state index in [9.17, 15) is 19.7 Å². The van der Waals surface area contributed by atoms with E-state index in [0.29, 0.717) is 26.3 Å². The van der Waals surface area contributed by atoms with Crippen LogP contribution in [0.2, 0.25) is 0 Å². The lowest BCUT2D eigenvalue weighted by atomic mass is 10.0. The zero-order valence-electron chi connectivity index (χ0n) is 17.1. The van der Waals surface area contributed by atoms with E-state index in [0.717, 1.165) is 11.3 Å². The van der Waals surface area contributed by atoms with E-state index in [1.165, 1.54) is 24.3 Å². The Kier molecular flexibility index (Phi) is 7.52. The third kappa shape index (κ3) is 6.00. The number of carbonyl (C=O) groups is 2. The highest BCUT2D eigenvalue weighted by Crippen LogP contribution is 2.24. The molecule has 0 unspecified atom stereocenters. The van der Waals surface area contributed by atoms with Gasteiger partial charge in [0.1, 0.15) is 5.75 Å². The first-order valence-corrected chi connectivity index (χ1v) is 9.77. The Morgan fingerprint density at radius 3 is 2.52 bits per heavy atom. The number of non-ortho nitro benzene ring substituents is 1. The lowest BCUT2D eigenvalue weighted by Crippen LogP contribution is -2.45. The van der Waals surface area contributed by atoms with Crippen molar-refractivity contribution in [2.75, 3.05) is 45.3 Å². The highest BCUT2D eigenvalue weighted by Gasteiger charge is 2.24. The van der Waals surface area contributed by atoms with E-state index >= 15 is 0 Å². The maximum atomic E-state index is 12.4. The molecule has 0 aliphatic carbocycles. The first-order chi connectivity index (χ1) is 15.0. The Hall–Kier alpha value is -3.50. The summed E-state index contributed by atoms with van der Waals surface area (Å²) in [7, 11) is 1.59. The fourth-order valence-electron chi connectivity index (χ4n) is 3.33. The van der Waals surface area contributed by atoms with E-state index in [1.54, 1.807) is 7.11 Å². The third-order valence-electron chi connectivity index (χ3n) is 4.96. The smallest absolute Gasteiger partial charge is 0.313 e. The molecule has 1 aliphatic heterocycles. The second-order valence-electron chi connectivity index (χ2n) is 6.91. The highest BCUT2D eigenvalue weighted by atomic mass is 16.6. The monoisotopic (exact) mass is 428 g/mol. The van der Waals surface area contributed by atoms with Crippen molar-refractivity contribution < 1.29 is 24.0 Å². The normalized spacial score (nSPS) is 15.0. The topological polar surface area (TPSA) is 123 Å². The molecule has 1 atom stereocenters. The molecular weight excluding hydrogens is 404 g/mol. The Bertz CT molecular complexity index is 928. The highest BCUT2D eigenvalue weighted by molar-refractivity contribution is 6.39. The van der Waals surface area contributed by atoms with Gasteiger partial charge in [-0.15, -0.1) is 0 Å². The molecule has 3 rings (SSSR count). The van der Waals surface area contributed by atoms with Crippen LogP contribution in [0, 0.1) is 10.1 Å². The van der Waals surface area contributed by atoms with Gasteiger partial charge in [-0.2, -0.15) is 0 Å². The van der Waals surface area contributed by atoms with Gasteiger partial charge in [0.05, 0.1) is 31.3 Å². The molecule has 2 aromatic carbocycles. The van der Waals surface area contributed by atoms with Gasteiger partial charge in [0.15, 0.2) is 0 Å². The molecule has 1 heterocycles. The number of nitro groups is 1. The number of anilines is 1. The first-order valence-electron chi connectivity index (χ1n) is 9.77. The summed E-state index contributed by atoms with van der Waals surface area (Å²) in [5, 5.41) is 15.9. The van der Waals surface area contributed by atoms with E-state index in [2.05, 4.69) is 15.5 Å². The number of hydrogen-bond donors (Lipinski definition) is 2. The average Bonchev–Trinajstić information content (AvgIpc) is 2.80. The van der Waals surface area contributed by atoms with Gasteiger partial charge in [0.25, 0.3) is 5.69 Å². The summed E-state index contributed by atoms with van der Waals surface area (Å²) < 4.78 is 10.6. The molecule has 10 nitrogen and oxygen atoms in total. The minimum atomic E-state index is -0.893. The number of hydrogen-bond acceptors (Lipinski definition) is 7. The first kappa shape index (κ1) is 22.2. The second kappa shape index (κ2) is 10.5. The lowest BCUT2D eigenvalue weighted by molar-refractivity contribution is -0.384. The Morgan fingerprint density at radius 1 is 1.16 bits per heavy atom. The second-order valence-corrected chi connectivity index (χ2v) is 6.91. The van der Waals surface area contributed by atoms with E-state index in [-0.39, 0.29) is 24.0 Å². The van der Waals surface area contributed by atoms with Crippen LogP contribution in [0.3, 0.4) is 0 Å². The largest absolute Gasteiger partial charge is 0.497 e. The van der Waals surface area contributed by atoms with Gasteiger partial charge in [-0.1, -0.05) is 18.2 Å². The molecule has 0 saturated carbocycles. The molecule has 1 saturated heterocycles.